The molecule has 0 spiro atoms. The van der Waals surface area contributed by atoms with Gasteiger partial charge in [0.05, 0.1) is 5.69 Å². The number of hydrogen-bond donors (Lipinski definition) is 1. The van der Waals surface area contributed by atoms with Crippen molar-refractivity contribution in [1.29, 1.82) is 0 Å². The quantitative estimate of drug-likeness (QED) is 0.775. The van der Waals surface area contributed by atoms with Gasteiger partial charge in [-0.3, -0.25) is 4.72 Å². The molecule has 0 radical (unpaired) electrons. The Morgan fingerprint density at radius 2 is 2.05 bits per heavy atom. The molecule has 0 fully saturated rings. The molecule has 9 heteroatoms. The maximum Gasteiger partial charge on any atom is 0.266 e. The predicted octanol–water partition coefficient (Wildman–Crippen LogP) is 4.05. The topological polar surface area (TPSA) is 72.0 Å². The molecule has 1 N–H and O–H groups in total. The number of aromatic nitrogens is 2. The Balaban J connectivity index is 2.34. The van der Waals surface area contributed by atoms with E-state index in [0.717, 1.165) is 5.69 Å². The molecule has 0 aliphatic heterocycles. The Kier molecular flexibility index (Phi) is 4.63. The van der Waals surface area contributed by atoms with Gasteiger partial charge in [0.1, 0.15) is 10.0 Å². The lowest BCUT2D eigenvalue weighted by atomic mass is 9.93. The van der Waals surface area contributed by atoms with E-state index in [9.17, 15) is 8.42 Å². The second kappa shape index (κ2) is 5.83. The van der Waals surface area contributed by atoms with Crippen molar-refractivity contribution in [2.24, 2.45) is 0 Å². The van der Waals surface area contributed by atoms with Crippen LogP contribution in [0.15, 0.2) is 27.0 Å². The fourth-order valence-corrected chi connectivity index (χ4v) is 4.56. The van der Waals surface area contributed by atoms with E-state index < -0.39 is 10.0 Å². The van der Waals surface area contributed by atoms with Crippen LogP contribution in [0.4, 0.5) is 5.13 Å². The maximum absolute atomic E-state index is 12.3. The summed E-state index contributed by atoms with van der Waals surface area (Å²) in [6, 6.07) is 1.40. The first-order valence-electron chi connectivity index (χ1n) is 5.89. The van der Waals surface area contributed by atoms with Crippen LogP contribution < -0.4 is 4.72 Å². The van der Waals surface area contributed by atoms with E-state index in [1.807, 2.05) is 26.2 Å². The Morgan fingerprint density at radius 3 is 2.62 bits per heavy atom. The molecule has 2 heterocycles. The van der Waals surface area contributed by atoms with Crippen LogP contribution in [0.1, 0.15) is 26.5 Å². The monoisotopic (exact) mass is 409 g/mol. The fraction of sp³-hybridized carbons (Fsp3) is 0.333. The fourth-order valence-electron chi connectivity index (χ4n) is 1.43. The molecular formula is C12H13BrClN3O2S2. The number of rotatable bonds is 3. The van der Waals surface area contributed by atoms with E-state index in [-0.39, 0.29) is 15.5 Å². The van der Waals surface area contributed by atoms with Crippen LogP contribution in [0.25, 0.3) is 0 Å². The Labute approximate surface area is 141 Å². The molecule has 0 amide bonds. The van der Waals surface area contributed by atoms with Gasteiger partial charge in [-0.2, -0.15) is 0 Å². The average molecular weight is 411 g/mol. The molecule has 114 valence electrons. The highest BCUT2D eigenvalue weighted by molar-refractivity contribution is 9.10. The highest BCUT2D eigenvalue weighted by Crippen LogP contribution is 2.29. The second-order valence-corrected chi connectivity index (χ2v) is 9.12. The summed E-state index contributed by atoms with van der Waals surface area (Å²) in [6.45, 7) is 6.03. The van der Waals surface area contributed by atoms with Gasteiger partial charge in [-0.1, -0.05) is 32.4 Å². The van der Waals surface area contributed by atoms with Crippen molar-refractivity contribution < 1.29 is 8.42 Å². The Bertz CT molecular complexity index is 769. The van der Waals surface area contributed by atoms with Crippen molar-refractivity contribution in [2.45, 2.75) is 31.1 Å². The van der Waals surface area contributed by atoms with Gasteiger partial charge in [0.25, 0.3) is 10.0 Å². The maximum atomic E-state index is 12.3. The van der Waals surface area contributed by atoms with Gasteiger partial charge >= 0.3 is 0 Å². The molecule has 2 aromatic rings. The summed E-state index contributed by atoms with van der Waals surface area (Å²) in [6.07, 6.45) is 1.43. The highest BCUT2D eigenvalue weighted by atomic mass is 79.9. The molecule has 2 aromatic heterocycles. The lowest BCUT2D eigenvalue weighted by molar-refractivity contribution is 0.573. The van der Waals surface area contributed by atoms with E-state index in [4.69, 9.17) is 11.6 Å². The van der Waals surface area contributed by atoms with Crippen molar-refractivity contribution >= 4 is 54.0 Å². The summed E-state index contributed by atoms with van der Waals surface area (Å²) < 4.78 is 27.6. The van der Waals surface area contributed by atoms with Crippen molar-refractivity contribution in [3.8, 4) is 0 Å². The van der Waals surface area contributed by atoms with Gasteiger partial charge in [0.15, 0.2) is 5.13 Å². The molecule has 5 nitrogen and oxygen atoms in total. The van der Waals surface area contributed by atoms with Gasteiger partial charge < -0.3 is 0 Å². The molecule has 0 aliphatic rings. The second-order valence-electron chi connectivity index (χ2n) is 5.34. The van der Waals surface area contributed by atoms with Crippen molar-refractivity contribution in [1.82, 2.24) is 9.97 Å². The van der Waals surface area contributed by atoms with Crippen LogP contribution in [-0.4, -0.2) is 18.4 Å². The molecule has 0 aliphatic carbocycles. The van der Waals surface area contributed by atoms with E-state index in [2.05, 4.69) is 30.6 Å². The lowest BCUT2D eigenvalue weighted by Gasteiger charge is -2.14. The summed E-state index contributed by atoms with van der Waals surface area (Å²) >= 11 is 10.3. The van der Waals surface area contributed by atoms with Crippen molar-refractivity contribution in [3.63, 3.8) is 0 Å². The number of anilines is 1. The minimum absolute atomic E-state index is 0.0849. The van der Waals surface area contributed by atoms with Gasteiger partial charge in [-0.15, -0.1) is 11.3 Å². The van der Waals surface area contributed by atoms with Gasteiger partial charge in [0.2, 0.25) is 0 Å². The third-order valence-corrected chi connectivity index (χ3v) is 5.64. The zero-order valence-electron chi connectivity index (χ0n) is 11.5. The highest BCUT2D eigenvalue weighted by Gasteiger charge is 2.23. The molecular weight excluding hydrogens is 398 g/mol. The van der Waals surface area contributed by atoms with E-state index >= 15 is 0 Å². The number of nitrogens with zero attached hydrogens (tertiary/aromatic N) is 2. The largest absolute Gasteiger partial charge is 0.266 e. The third-order valence-electron chi connectivity index (χ3n) is 2.56. The van der Waals surface area contributed by atoms with Crippen LogP contribution in [0, 0.1) is 0 Å². The summed E-state index contributed by atoms with van der Waals surface area (Å²) in [5, 5.41) is 2.05. The first kappa shape index (κ1) is 16.7. The van der Waals surface area contributed by atoms with Crippen LogP contribution in [0.2, 0.25) is 5.15 Å². The summed E-state index contributed by atoms with van der Waals surface area (Å²) in [7, 11) is -3.83. The number of pyridine rings is 1. The average Bonchev–Trinajstić information content (AvgIpc) is 2.79. The number of sulfonamides is 1. The molecule has 2 rings (SSSR count). The summed E-state index contributed by atoms with van der Waals surface area (Å²) in [5.74, 6) is 0. The van der Waals surface area contributed by atoms with Gasteiger partial charge in [-0.25, -0.2) is 18.4 Å². The third kappa shape index (κ3) is 3.94. The minimum Gasteiger partial charge on any atom is -0.255 e. The van der Waals surface area contributed by atoms with Crippen LogP contribution >= 0.6 is 38.9 Å². The summed E-state index contributed by atoms with van der Waals surface area (Å²) in [4.78, 5) is 8.02. The number of hydrogen-bond acceptors (Lipinski definition) is 5. The molecule has 0 bridgehead atoms. The van der Waals surface area contributed by atoms with Crippen LogP contribution in [-0.2, 0) is 15.4 Å². The zero-order chi connectivity index (χ0) is 15.8. The lowest BCUT2D eigenvalue weighted by Crippen LogP contribution is -2.15. The number of thiazole rings is 1. The van der Waals surface area contributed by atoms with Crippen LogP contribution in [0.3, 0.4) is 0 Å². The SMILES string of the molecule is CC(C)(C)c1csc(NS(=O)(=O)c2cc(Br)cnc2Cl)n1. The number of nitrogens with one attached hydrogen (secondary N) is 1. The molecule has 0 saturated heterocycles. The smallest absolute Gasteiger partial charge is 0.255 e. The zero-order valence-corrected chi connectivity index (χ0v) is 15.5. The Morgan fingerprint density at radius 1 is 1.38 bits per heavy atom. The molecule has 0 atom stereocenters. The molecule has 0 aromatic carbocycles. The van der Waals surface area contributed by atoms with Crippen molar-refractivity contribution in [3.05, 3.63) is 33.0 Å². The molecule has 0 saturated carbocycles. The van der Waals surface area contributed by atoms with Crippen molar-refractivity contribution in [2.75, 3.05) is 4.72 Å². The summed E-state index contributed by atoms with van der Waals surface area (Å²) in [5.41, 5.74) is 0.679. The van der Waals surface area contributed by atoms with E-state index in [1.165, 1.54) is 23.6 Å². The molecule has 0 unspecified atom stereocenters. The minimum atomic E-state index is -3.83. The predicted molar refractivity (Wildman–Crippen MR) is 88.6 cm³/mol. The number of halogens is 2. The van der Waals surface area contributed by atoms with E-state index in [1.54, 1.807) is 0 Å². The first-order chi connectivity index (χ1) is 9.59. The molecule has 21 heavy (non-hydrogen) atoms. The first-order valence-corrected chi connectivity index (χ1v) is 9.43. The normalized spacial score (nSPS) is 12.4. The standard InChI is InChI=1S/C12H13BrClN3O2S2/c1-12(2,3)9-6-20-11(16-9)17-21(18,19)8-4-7(13)5-15-10(8)14/h4-6H,1-3H3,(H,16,17). The van der Waals surface area contributed by atoms with Gasteiger partial charge in [-0.05, 0) is 22.0 Å². The Hall–Kier alpha value is -0.700. The van der Waals surface area contributed by atoms with Crippen LogP contribution in [0.5, 0.6) is 0 Å². The van der Waals surface area contributed by atoms with Gasteiger partial charge in [0, 0.05) is 21.5 Å². The van der Waals surface area contributed by atoms with E-state index in [0.29, 0.717) is 9.60 Å².